The van der Waals surface area contributed by atoms with Crippen LogP contribution in [0.3, 0.4) is 0 Å². The van der Waals surface area contributed by atoms with E-state index in [0.29, 0.717) is 11.5 Å². The third-order valence-corrected chi connectivity index (χ3v) is 4.16. The number of nitrogens with zero attached hydrogens (tertiary/aromatic N) is 2. The largest absolute Gasteiger partial charge is 0.394 e. The Kier molecular flexibility index (Phi) is 6.47. The van der Waals surface area contributed by atoms with Gasteiger partial charge >= 0.3 is 0 Å². The van der Waals surface area contributed by atoms with E-state index in [-0.39, 0.29) is 0 Å². The summed E-state index contributed by atoms with van der Waals surface area (Å²) in [6.45, 7) is 4.86. The summed E-state index contributed by atoms with van der Waals surface area (Å²) in [5.74, 6) is 0.415. The number of unbranched alkanes of at least 4 members (excludes halogenated alkanes) is 3. The maximum absolute atomic E-state index is 6.30. The molecule has 0 aliphatic carbocycles. The van der Waals surface area contributed by atoms with Crippen LogP contribution in [0.2, 0.25) is 0 Å². The normalized spacial score (nSPS) is 11.0. The van der Waals surface area contributed by atoms with Gasteiger partial charge in [-0.25, -0.2) is 4.98 Å². The van der Waals surface area contributed by atoms with Crippen molar-refractivity contribution in [2.75, 3.05) is 36.0 Å². The van der Waals surface area contributed by atoms with Crippen molar-refractivity contribution in [3.05, 3.63) is 24.3 Å². The zero-order chi connectivity index (χ0) is 16.7. The smallest absolute Gasteiger partial charge is 0.149 e. The lowest BCUT2D eigenvalue weighted by Crippen LogP contribution is -2.28. The molecular formula is C18H29N5. The molecule has 0 atom stereocenters. The molecule has 0 fully saturated rings. The highest BCUT2D eigenvalue weighted by Gasteiger charge is 2.16. The molecule has 2 rings (SSSR count). The Hall–Kier alpha value is -2.01. The number of rotatable bonds is 9. The monoisotopic (exact) mass is 315 g/mol. The lowest BCUT2D eigenvalue weighted by atomic mass is 10.1. The van der Waals surface area contributed by atoms with Crippen LogP contribution in [0.1, 0.15) is 39.0 Å². The predicted molar refractivity (Wildman–Crippen MR) is 101 cm³/mol. The molecule has 0 aliphatic heterocycles. The third kappa shape index (κ3) is 4.26. The standard InChI is InChI=1S/C18H29N5/c1-2-3-7-12-23(13-8-6-11-19)17-14-9-4-5-10-15(14)22-18(21)16(17)20/h4-5,9-10H,2-3,6-8,11-13,19-20H2,1H3,(H2,21,22). The van der Waals surface area contributed by atoms with Crippen molar-refractivity contribution in [3.8, 4) is 0 Å². The maximum atomic E-state index is 6.30. The molecule has 126 valence electrons. The van der Waals surface area contributed by atoms with E-state index in [0.717, 1.165) is 55.5 Å². The lowest BCUT2D eigenvalue weighted by Gasteiger charge is -2.28. The van der Waals surface area contributed by atoms with Gasteiger partial charge in [-0.2, -0.15) is 0 Å². The first-order valence-corrected chi connectivity index (χ1v) is 8.57. The Morgan fingerprint density at radius 2 is 1.70 bits per heavy atom. The number of aromatic nitrogens is 1. The zero-order valence-corrected chi connectivity index (χ0v) is 14.1. The number of anilines is 3. The summed E-state index contributed by atoms with van der Waals surface area (Å²) in [5.41, 5.74) is 20.5. The SMILES string of the molecule is CCCCCN(CCCCN)c1c(N)c(N)nc2ccccc12. The van der Waals surface area contributed by atoms with E-state index >= 15 is 0 Å². The highest BCUT2D eigenvalue weighted by atomic mass is 15.1. The number of fused-ring (bicyclic) bond motifs is 1. The second-order valence-electron chi connectivity index (χ2n) is 5.97. The number of hydrogen-bond donors (Lipinski definition) is 3. The summed E-state index contributed by atoms with van der Waals surface area (Å²) in [5, 5.41) is 1.07. The Morgan fingerprint density at radius 3 is 2.39 bits per heavy atom. The second-order valence-corrected chi connectivity index (χ2v) is 5.97. The fourth-order valence-corrected chi connectivity index (χ4v) is 2.90. The molecule has 0 bridgehead atoms. The van der Waals surface area contributed by atoms with Crippen LogP contribution >= 0.6 is 0 Å². The van der Waals surface area contributed by atoms with Gasteiger partial charge in [0.15, 0.2) is 0 Å². The van der Waals surface area contributed by atoms with Gasteiger partial charge in [-0.1, -0.05) is 38.0 Å². The number of nitrogens with two attached hydrogens (primary N) is 3. The lowest BCUT2D eigenvalue weighted by molar-refractivity contribution is 0.646. The fourth-order valence-electron chi connectivity index (χ4n) is 2.90. The van der Waals surface area contributed by atoms with Crippen LogP contribution in [0.25, 0.3) is 10.9 Å². The fraction of sp³-hybridized carbons (Fsp3) is 0.500. The summed E-state index contributed by atoms with van der Waals surface area (Å²) >= 11 is 0. The molecule has 5 heteroatoms. The van der Waals surface area contributed by atoms with Gasteiger partial charge < -0.3 is 22.1 Å². The van der Waals surface area contributed by atoms with Crippen LogP contribution < -0.4 is 22.1 Å². The zero-order valence-electron chi connectivity index (χ0n) is 14.1. The first kappa shape index (κ1) is 17.3. The molecule has 0 saturated carbocycles. The van der Waals surface area contributed by atoms with Crippen molar-refractivity contribution in [1.82, 2.24) is 4.98 Å². The third-order valence-electron chi connectivity index (χ3n) is 4.16. The molecule has 0 unspecified atom stereocenters. The van der Waals surface area contributed by atoms with E-state index in [2.05, 4.69) is 22.9 Å². The van der Waals surface area contributed by atoms with Gasteiger partial charge in [0.05, 0.1) is 16.9 Å². The Morgan fingerprint density at radius 1 is 1.00 bits per heavy atom. The number of benzene rings is 1. The molecule has 5 nitrogen and oxygen atoms in total. The van der Waals surface area contributed by atoms with Crippen LogP contribution in [0, 0.1) is 0 Å². The molecule has 0 spiro atoms. The molecule has 0 aliphatic rings. The quantitative estimate of drug-likeness (QED) is 0.618. The Bertz CT molecular complexity index is 616. The number of para-hydroxylation sites is 1. The molecule has 1 aromatic heterocycles. The van der Waals surface area contributed by atoms with E-state index in [9.17, 15) is 0 Å². The molecule has 1 aromatic carbocycles. The summed E-state index contributed by atoms with van der Waals surface area (Å²) in [6, 6.07) is 8.06. The Labute approximate surface area is 138 Å². The summed E-state index contributed by atoms with van der Waals surface area (Å²) < 4.78 is 0. The van der Waals surface area contributed by atoms with Gasteiger partial charge in [-0.3, -0.25) is 0 Å². The van der Waals surface area contributed by atoms with Gasteiger partial charge in [0.25, 0.3) is 0 Å². The molecule has 1 heterocycles. The maximum Gasteiger partial charge on any atom is 0.149 e. The van der Waals surface area contributed by atoms with Crippen molar-refractivity contribution in [1.29, 1.82) is 0 Å². The van der Waals surface area contributed by atoms with Gasteiger partial charge in [-0.05, 0) is 31.9 Å². The predicted octanol–water partition coefficient (Wildman–Crippen LogP) is 3.13. The highest BCUT2D eigenvalue weighted by molar-refractivity contribution is 6.01. The number of hydrogen-bond acceptors (Lipinski definition) is 5. The minimum atomic E-state index is 0.415. The molecule has 6 N–H and O–H groups in total. The van der Waals surface area contributed by atoms with Gasteiger partial charge in [0.2, 0.25) is 0 Å². The number of pyridine rings is 1. The van der Waals surface area contributed by atoms with Gasteiger partial charge in [-0.15, -0.1) is 0 Å². The molecule has 2 aromatic rings. The average molecular weight is 315 g/mol. The molecule has 0 amide bonds. The van der Waals surface area contributed by atoms with Crippen LogP contribution in [-0.4, -0.2) is 24.6 Å². The van der Waals surface area contributed by atoms with E-state index in [1.165, 1.54) is 12.8 Å². The number of nitrogen functional groups attached to an aromatic ring is 2. The summed E-state index contributed by atoms with van der Waals surface area (Å²) in [6.07, 6.45) is 5.63. The van der Waals surface area contributed by atoms with Crippen LogP contribution in [0.15, 0.2) is 24.3 Å². The van der Waals surface area contributed by atoms with Crippen LogP contribution in [0.5, 0.6) is 0 Å². The summed E-state index contributed by atoms with van der Waals surface area (Å²) in [4.78, 5) is 6.78. The molecule has 0 saturated heterocycles. The van der Waals surface area contributed by atoms with E-state index in [1.807, 2.05) is 18.2 Å². The van der Waals surface area contributed by atoms with E-state index in [4.69, 9.17) is 17.2 Å². The van der Waals surface area contributed by atoms with Crippen LogP contribution in [-0.2, 0) is 0 Å². The highest BCUT2D eigenvalue weighted by Crippen LogP contribution is 2.35. The van der Waals surface area contributed by atoms with Crippen molar-refractivity contribution in [3.63, 3.8) is 0 Å². The van der Waals surface area contributed by atoms with Crippen molar-refractivity contribution >= 4 is 28.1 Å². The first-order chi connectivity index (χ1) is 11.2. The second kappa shape index (κ2) is 8.58. The van der Waals surface area contributed by atoms with Crippen LogP contribution in [0.4, 0.5) is 17.2 Å². The van der Waals surface area contributed by atoms with Crippen molar-refractivity contribution < 1.29 is 0 Å². The Balaban J connectivity index is 2.38. The minimum absolute atomic E-state index is 0.415. The minimum Gasteiger partial charge on any atom is -0.394 e. The molecular weight excluding hydrogens is 286 g/mol. The van der Waals surface area contributed by atoms with Gasteiger partial charge in [0.1, 0.15) is 5.82 Å². The average Bonchev–Trinajstić information content (AvgIpc) is 2.55. The molecule has 0 radical (unpaired) electrons. The van der Waals surface area contributed by atoms with E-state index < -0.39 is 0 Å². The van der Waals surface area contributed by atoms with Crippen molar-refractivity contribution in [2.45, 2.75) is 39.0 Å². The topological polar surface area (TPSA) is 94.2 Å². The van der Waals surface area contributed by atoms with Crippen molar-refractivity contribution in [2.24, 2.45) is 5.73 Å². The summed E-state index contributed by atoms with van der Waals surface area (Å²) in [7, 11) is 0. The molecule has 23 heavy (non-hydrogen) atoms. The van der Waals surface area contributed by atoms with Gasteiger partial charge in [0, 0.05) is 18.5 Å². The first-order valence-electron chi connectivity index (χ1n) is 8.57. The van der Waals surface area contributed by atoms with E-state index in [1.54, 1.807) is 0 Å².